The zero-order valence-corrected chi connectivity index (χ0v) is 18.7. The molecule has 2 aromatic carbocycles. The molecule has 1 fully saturated rings. The number of para-hydroxylation sites is 1. The van der Waals surface area contributed by atoms with E-state index in [0.717, 1.165) is 11.1 Å². The van der Waals surface area contributed by atoms with Gasteiger partial charge >= 0.3 is 0 Å². The Balaban J connectivity index is 1.46. The van der Waals surface area contributed by atoms with Crippen LogP contribution in [0, 0.1) is 12.8 Å². The van der Waals surface area contributed by atoms with E-state index >= 15 is 0 Å². The quantitative estimate of drug-likeness (QED) is 0.584. The van der Waals surface area contributed by atoms with Gasteiger partial charge in [-0.2, -0.15) is 0 Å². The predicted octanol–water partition coefficient (Wildman–Crippen LogP) is 1.92. The molecule has 0 aliphatic carbocycles. The molecule has 2 atom stereocenters. The minimum atomic E-state index is -0.936. The number of rotatable bonds is 10. The van der Waals surface area contributed by atoms with Gasteiger partial charge in [0.1, 0.15) is 12.7 Å². The number of methoxy groups -OCH3 is 2. The van der Waals surface area contributed by atoms with Gasteiger partial charge in [-0.3, -0.25) is 9.59 Å². The molecule has 0 saturated carbocycles. The minimum absolute atomic E-state index is 0.0128. The van der Waals surface area contributed by atoms with Crippen molar-refractivity contribution in [2.75, 3.05) is 33.9 Å². The van der Waals surface area contributed by atoms with Crippen molar-refractivity contribution in [3.63, 3.8) is 0 Å². The Labute approximate surface area is 188 Å². The number of aliphatic hydroxyl groups excluding tert-OH is 1. The minimum Gasteiger partial charge on any atom is -0.493 e. The van der Waals surface area contributed by atoms with E-state index in [9.17, 15) is 14.7 Å². The highest BCUT2D eigenvalue weighted by Gasteiger charge is 2.34. The van der Waals surface area contributed by atoms with Crippen molar-refractivity contribution in [1.82, 2.24) is 10.2 Å². The van der Waals surface area contributed by atoms with Gasteiger partial charge in [0.15, 0.2) is 11.5 Å². The molecule has 0 radical (unpaired) electrons. The lowest BCUT2D eigenvalue weighted by molar-refractivity contribution is -0.129. The Bertz CT molecular complexity index is 908. The third-order valence-corrected chi connectivity index (χ3v) is 5.39. The van der Waals surface area contributed by atoms with Crippen molar-refractivity contribution >= 4 is 11.8 Å². The van der Waals surface area contributed by atoms with Gasteiger partial charge in [-0.15, -0.1) is 0 Å². The maximum atomic E-state index is 12.5. The summed E-state index contributed by atoms with van der Waals surface area (Å²) in [6, 6.07) is 13.2. The molecular weight excluding hydrogens is 412 g/mol. The fourth-order valence-electron chi connectivity index (χ4n) is 3.58. The summed E-state index contributed by atoms with van der Waals surface area (Å²) >= 11 is 0. The second-order valence-electron chi connectivity index (χ2n) is 7.86. The summed E-state index contributed by atoms with van der Waals surface area (Å²) in [4.78, 5) is 26.6. The van der Waals surface area contributed by atoms with E-state index < -0.39 is 12.0 Å². The summed E-state index contributed by atoms with van der Waals surface area (Å²) in [6.07, 6.45) is -0.766. The maximum Gasteiger partial charge on any atom is 0.225 e. The summed E-state index contributed by atoms with van der Waals surface area (Å²) in [5.74, 6) is 0.625. The van der Waals surface area contributed by atoms with Gasteiger partial charge in [-0.05, 0) is 24.6 Å². The normalized spacial score (nSPS) is 16.6. The van der Waals surface area contributed by atoms with Crippen molar-refractivity contribution in [1.29, 1.82) is 0 Å². The fraction of sp³-hybridized carbons (Fsp3) is 0.417. The Morgan fingerprint density at radius 2 is 1.81 bits per heavy atom. The van der Waals surface area contributed by atoms with Gasteiger partial charge in [0.05, 0.1) is 20.1 Å². The number of ether oxygens (including phenoxy) is 3. The number of nitrogens with zero attached hydrogens (tertiary/aromatic N) is 1. The van der Waals surface area contributed by atoms with Crippen LogP contribution in [0.1, 0.15) is 17.5 Å². The first-order valence-electron chi connectivity index (χ1n) is 10.5. The number of hydrogen-bond donors (Lipinski definition) is 2. The first-order chi connectivity index (χ1) is 15.4. The van der Waals surface area contributed by atoms with E-state index in [-0.39, 0.29) is 31.4 Å². The molecule has 0 aromatic heterocycles. The third-order valence-electron chi connectivity index (χ3n) is 5.39. The summed E-state index contributed by atoms with van der Waals surface area (Å²) < 4.78 is 16.2. The van der Waals surface area contributed by atoms with E-state index in [2.05, 4.69) is 5.32 Å². The molecule has 1 saturated heterocycles. The zero-order chi connectivity index (χ0) is 23.1. The molecule has 8 heteroatoms. The van der Waals surface area contributed by atoms with E-state index in [4.69, 9.17) is 14.2 Å². The van der Waals surface area contributed by atoms with Crippen molar-refractivity contribution in [3.05, 3.63) is 53.6 Å². The molecule has 0 bridgehead atoms. The number of aryl methyl sites for hydroxylation is 1. The number of carbonyl (C=O) groups is 2. The Kier molecular flexibility index (Phi) is 7.94. The van der Waals surface area contributed by atoms with E-state index in [1.54, 1.807) is 23.1 Å². The molecule has 0 spiro atoms. The molecular formula is C24H30N2O6. The van der Waals surface area contributed by atoms with Gasteiger partial charge < -0.3 is 29.5 Å². The largest absolute Gasteiger partial charge is 0.493 e. The average Bonchev–Trinajstić information content (AvgIpc) is 3.17. The highest BCUT2D eigenvalue weighted by atomic mass is 16.5. The van der Waals surface area contributed by atoms with Crippen LogP contribution in [0.15, 0.2) is 42.5 Å². The van der Waals surface area contributed by atoms with Crippen molar-refractivity contribution in [3.8, 4) is 17.2 Å². The Morgan fingerprint density at radius 3 is 2.44 bits per heavy atom. The molecule has 3 rings (SSSR count). The Morgan fingerprint density at radius 1 is 1.16 bits per heavy atom. The lowest BCUT2D eigenvalue weighted by Crippen LogP contribution is -2.39. The lowest BCUT2D eigenvalue weighted by atomic mass is 10.1. The molecule has 2 amide bonds. The van der Waals surface area contributed by atoms with Crippen LogP contribution in [0.5, 0.6) is 17.2 Å². The number of benzene rings is 2. The monoisotopic (exact) mass is 442 g/mol. The molecule has 172 valence electrons. The van der Waals surface area contributed by atoms with E-state index in [1.165, 1.54) is 14.2 Å². The number of aliphatic hydroxyl groups is 1. The van der Waals surface area contributed by atoms with Crippen LogP contribution in [0.2, 0.25) is 0 Å². The van der Waals surface area contributed by atoms with E-state index in [0.29, 0.717) is 30.3 Å². The van der Waals surface area contributed by atoms with Gasteiger partial charge in [0, 0.05) is 26.1 Å². The van der Waals surface area contributed by atoms with Crippen LogP contribution in [0.4, 0.5) is 0 Å². The molecule has 1 heterocycles. The molecule has 32 heavy (non-hydrogen) atoms. The first-order valence-corrected chi connectivity index (χ1v) is 10.5. The summed E-state index contributed by atoms with van der Waals surface area (Å²) in [6.45, 7) is 2.82. The molecule has 1 aliphatic heterocycles. The number of nitrogens with one attached hydrogen (secondary N) is 1. The summed E-state index contributed by atoms with van der Waals surface area (Å²) in [5.41, 5.74) is 2.19. The van der Waals surface area contributed by atoms with Gasteiger partial charge in [0.25, 0.3) is 0 Å². The highest BCUT2D eigenvalue weighted by Crippen LogP contribution is 2.36. The fourth-order valence-corrected chi connectivity index (χ4v) is 3.58. The van der Waals surface area contributed by atoms with Crippen LogP contribution in [-0.4, -0.2) is 61.8 Å². The molecule has 8 nitrogen and oxygen atoms in total. The summed E-state index contributed by atoms with van der Waals surface area (Å²) in [7, 11) is 3.03. The predicted molar refractivity (Wildman–Crippen MR) is 119 cm³/mol. The van der Waals surface area contributed by atoms with Crippen molar-refractivity contribution in [2.24, 2.45) is 5.92 Å². The SMILES string of the molecule is COc1cccc(OC)c1OCC(O)CNC(=O)C1CC(=O)N(Cc2ccc(C)cc2)C1. The third kappa shape index (κ3) is 5.91. The van der Waals surface area contributed by atoms with Crippen LogP contribution in [-0.2, 0) is 16.1 Å². The van der Waals surface area contributed by atoms with Crippen molar-refractivity contribution < 1.29 is 28.9 Å². The average molecular weight is 443 g/mol. The van der Waals surface area contributed by atoms with Crippen LogP contribution in [0.3, 0.4) is 0 Å². The smallest absolute Gasteiger partial charge is 0.225 e. The van der Waals surface area contributed by atoms with Gasteiger partial charge in [-0.1, -0.05) is 35.9 Å². The van der Waals surface area contributed by atoms with Crippen LogP contribution in [0.25, 0.3) is 0 Å². The van der Waals surface area contributed by atoms with Gasteiger partial charge in [-0.25, -0.2) is 0 Å². The molecule has 1 aliphatic rings. The summed E-state index contributed by atoms with van der Waals surface area (Å²) in [5, 5.41) is 13.0. The number of amides is 2. The number of hydrogen-bond acceptors (Lipinski definition) is 6. The van der Waals surface area contributed by atoms with Crippen LogP contribution >= 0.6 is 0 Å². The lowest BCUT2D eigenvalue weighted by Gasteiger charge is -2.18. The zero-order valence-electron chi connectivity index (χ0n) is 18.7. The standard InChI is InChI=1S/C24H30N2O6/c1-16-7-9-17(10-8-16)13-26-14-18(11-22(26)28)24(29)25-12-19(27)15-32-23-20(30-2)5-4-6-21(23)31-3/h4-10,18-19,27H,11-15H2,1-3H3,(H,25,29). The molecule has 2 unspecified atom stereocenters. The highest BCUT2D eigenvalue weighted by molar-refractivity contribution is 5.89. The number of likely N-dealkylation sites (tertiary alicyclic amines) is 1. The molecule has 2 aromatic rings. The second-order valence-corrected chi connectivity index (χ2v) is 7.86. The molecule has 2 N–H and O–H groups in total. The Hall–Kier alpha value is -3.26. The first kappa shape index (κ1) is 23.4. The second kappa shape index (κ2) is 10.9. The van der Waals surface area contributed by atoms with Crippen LogP contribution < -0.4 is 19.5 Å². The number of carbonyl (C=O) groups excluding carboxylic acids is 2. The van der Waals surface area contributed by atoms with Crippen molar-refractivity contribution in [2.45, 2.75) is 26.0 Å². The maximum absolute atomic E-state index is 12.5. The van der Waals surface area contributed by atoms with E-state index in [1.807, 2.05) is 31.2 Å². The van der Waals surface area contributed by atoms with Gasteiger partial charge in [0.2, 0.25) is 17.6 Å². The topological polar surface area (TPSA) is 97.3 Å².